The van der Waals surface area contributed by atoms with Gasteiger partial charge in [-0.2, -0.15) is 0 Å². The van der Waals surface area contributed by atoms with Crippen molar-refractivity contribution < 1.29 is 18.7 Å². The van der Waals surface area contributed by atoms with E-state index in [1.54, 1.807) is 0 Å². The Labute approximate surface area is 86.3 Å². The molecule has 2 N–H and O–H groups in total. The number of fused-ring (bicyclic) bond motifs is 3. The minimum atomic E-state index is -2.79. The van der Waals surface area contributed by atoms with Crippen molar-refractivity contribution in [1.82, 2.24) is 5.32 Å². The molecule has 2 saturated heterocycles. The molecule has 1 aliphatic carbocycles. The Hall–Kier alpha value is -0.420. The zero-order chi connectivity index (χ0) is 9.64. The monoisotopic (exact) mass is 227 g/mol. The molecule has 0 aromatic carbocycles. The molecule has 6 heteroatoms. The van der Waals surface area contributed by atoms with Gasteiger partial charge in [-0.25, -0.2) is 8.78 Å². The Balaban J connectivity index is 0.000000980. The molecule has 3 fully saturated rings. The molecular formula is C8H12ClF2NO2. The second kappa shape index (κ2) is 3.62. The van der Waals surface area contributed by atoms with E-state index in [1.807, 2.05) is 0 Å². The van der Waals surface area contributed by atoms with Crippen LogP contribution in [0.1, 0.15) is 19.3 Å². The number of halogens is 3. The summed E-state index contributed by atoms with van der Waals surface area (Å²) in [5, 5.41) is 11.4. The van der Waals surface area contributed by atoms with E-state index in [1.165, 1.54) is 0 Å². The molecule has 1 saturated carbocycles. The highest BCUT2D eigenvalue weighted by Crippen LogP contribution is 2.44. The summed E-state index contributed by atoms with van der Waals surface area (Å²) in [4.78, 5) is 10.6. The van der Waals surface area contributed by atoms with E-state index in [-0.39, 0.29) is 24.9 Å². The van der Waals surface area contributed by atoms with Gasteiger partial charge in [-0.1, -0.05) is 0 Å². The number of aliphatic carboxylic acids is 1. The maximum atomic E-state index is 13.2. The number of carbonyl (C=O) groups is 1. The van der Waals surface area contributed by atoms with E-state index in [0.717, 1.165) is 0 Å². The lowest BCUT2D eigenvalue weighted by molar-refractivity contribution is -0.165. The molecule has 2 heterocycles. The Morgan fingerprint density at radius 1 is 1.43 bits per heavy atom. The molecule has 0 aromatic rings. The number of carboxylic acid groups (broad SMARTS) is 1. The average molecular weight is 228 g/mol. The predicted molar refractivity (Wildman–Crippen MR) is 47.9 cm³/mol. The summed E-state index contributed by atoms with van der Waals surface area (Å²) in [7, 11) is 0. The van der Waals surface area contributed by atoms with Gasteiger partial charge in [-0.15, -0.1) is 12.4 Å². The van der Waals surface area contributed by atoms with Crippen LogP contribution in [0.3, 0.4) is 0 Å². The van der Waals surface area contributed by atoms with Gasteiger partial charge in [-0.05, 0) is 12.8 Å². The normalized spacial score (nSPS) is 38.9. The van der Waals surface area contributed by atoms with Gasteiger partial charge in [-0.3, -0.25) is 4.79 Å². The van der Waals surface area contributed by atoms with Gasteiger partial charge >= 0.3 is 5.97 Å². The highest BCUT2D eigenvalue weighted by Gasteiger charge is 2.55. The summed E-state index contributed by atoms with van der Waals surface area (Å²) in [6, 6.07) is -1.37. The quantitative estimate of drug-likeness (QED) is 0.709. The Morgan fingerprint density at radius 3 is 2.43 bits per heavy atom. The lowest BCUT2D eigenvalue weighted by atomic mass is 9.73. The first-order valence-electron chi connectivity index (χ1n) is 4.37. The van der Waals surface area contributed by atoms with Crippen LogP contribution in [0.2, 0.25) is 0 Å². The Bertz CT molecular complexity index is 249. The van der Waals surface area contributed by atoms with Crippen LogP contribution < -0.4 is 5.32 Å². The van der Waals surface area contributed by atoms with E-state index in [9.17, 15) is 13.6 Å². The van der Waals surface area contributed by atoms with Gasteiger partial charge in [0.05, 0.1) is 0 Å². The molecular weight excluding hydrogens is 216 g/mol. The van der Waals surface area contributed by atoms with Gasteiger partial charge in [0.25, 0.3) is 5.92 Å². The summed E-state index contributed by atoms with van der Waals surface area (Å²) >= 11 is 0. The van der Waals surface area contributed by atoms with E-state index in [4.69, 9.17) is 5.11 Å². The zero-order valence-electron chi connectivity index (χ0n) is 7.37. The highest BCUT2D eigenvalue weighted by molar-refractivity contribution is 5.85. The van der Waals surface area contributed by atoms with Crippen molar-refractivity contribution in [2.75, 3.05) is 0 Å². The van der Waals surface area contributed by atoms with Crippen LogP contribution in [0.15, 0.2) is 0 Å². The molecule has 0 radical (unpaired) electrons. The standard InChI is InChI=1S/C8H11F2NO2.ClH/c9-8(10)3-4-1-2-5(8)6(11-4)7(12)13;/h4-6,11H,1-3H2,(H,12,13);1H/t4-,5-,6-;/m0./s1. The second-order valence-electron chi connectivity index (χ2n) is 3.83. The highest BCUT2D eigenvalue weighted by atomic mass is 35.5. The maximum Gasteiger partial charge on any atom is 0.321 e. The lowest BCUT2D eigenvalue weighted by Gasteiger charge is -2.46. The number of hydrogen-bond acceptors (Lipinski definition) is 2. The van der Waals surface area contributed by atoms with Crippen molar-refractivity contribution in [1.29, 1.82) is 0 Å². The van der Waals surface area contributed by atoms with Gasteiger partial charge in [0.15, 0.2) is 0 Å². The van der Waals surface area contributed by atoms with Crippen molar-refractivity contribution in [3.8, 4) is 0 Å². The van der Waals surface area contributed by atoms with Gasteiger partial charge in [0.1, 0.15) is 6.04 Å². The molecule has 2 aliphatic heterocycles. The van der Waals surface area contributed by atoms with E-state index in [2.05, 4.69) is 5.32 Å². The molecule has 0 amide bonds. The summed E-state index contributed by atoms with van der Waals surface area (Å²) in [6.07, 6.45) is 0.785. The minimum Gasteiger partial charge on any atom is -0.480 e. The van der Waals surface area contributed by atoms with E-state index in [0.29, 0.717) is 12.8 Å². The van der Waals surface area contributed by atoms with Gasteiger partial charge < -0.3 is 10.4 Å². The largest absolute Gasteiger partial charge is 0.480 e. The Morgan fingerprint density at radius 2 is 2.07 bits per heavy atom. The Kier molecular flexibility index (Phi) is 3.02. The fourth-order valence-electron chi connectivity index (χ4n) is 2.34. The molecule has 2 bridgehead atoms. The molecule has 82 valence electrons. The summed E-state index contributed by atoms with van der Waals surface area (Å²) in [5.74, 6) is -4.97. The molecule has 0 spiro atoms. The predicted octanol–water partition coefficient (Wildman–Crippen LogP) is 1.27. The van der Waals surface area contributed by atoms with E-state index >= 15 is 0 Å². The third-order valence-electron chi connectivity index (χ3n) is 2.97. The number of alkyl halides is 2. The fourth-order valence-corrected chi connectivity index (χ4v) is 2.34. The molecule has 0 unspecified atom stereocenters. The van der Waals surface area contributed by atoms with Crippen LogP contribution in [0.25, 0.3) is 0 Å². The van der Waals surface area contributed by atoms with Crippen LogP contribution in [0.5, 0.6) is 0 Å². The fraction of sp³-hybridized carbons (Fsp3) is 0.875. The first-order valence-corrected chi connectivity index (χ1v) is 4.37. The van der Waals surface area contributed by atoms with Crippen molar-refractivity contribution in [2.24, 2.45) is 5.92 Å². The topological polar surface area (TPSA) is 49.3 Å². The number of hydrogen-bond donors (Lipinski definition) is 2. The van der Waals surface area contributed by atoms with Gasteiger partial charge in [0, 0.05) is 18.4 Å². The maximum absolute atomic E-state index is 13.2. The van der Waals surface area contributed by atoms with Crippen LogP contribution in [-0.2, 0) is 4.79 Å². The molecule has 3 rings (SSSR count). The molecule has 3 aliphatic rings. The zero-order valence-corrected chi connectivity index (χ0v) is 8.19. The van der Waals surface area contributed by atoms with Crippen LogP contribution in [0, 0.1) is 5.92 Å². The van der Waals surface area contributed by atoms with Crippen molar-refractivity contribution >= 4 is 18.4 Å². The van der Waals surface area contributed by atoms with Crippen LogP contribution in [0.4, 0.5) is 8.78 Å². The lowest BCUT2D eigenvalue weighted by Crippen LogP contribution is -2.63. The molecule has 0 aromatic heterocycles. The number of piperidine rings is 2. The first kappa shape index (κ1) is 11.7. The summed E-state index contributed by atoms with van der Waals surface area (Å²) < 4.78 is 26.4. The number of carboxylic acids is 1. The minimum absolute atomic E-state index is 0. The van der Waals surface area contributed by atoms with Crippen LogP contribution >= 0.6 is 12.4 Å². The summed E-state index contributed by atoms with van der Waals surface area (Å²) in [6.45, 7) is 0. The number of nitrogens with one attached hydrogen (secondary N) is 1. The third-order valence-corrected chi connectivity index (χ3v) is 2.97. The molecule has 3 atom stereocenters. The third kappa shape index (κ3) is 1.70. The molecule has 14 heavy (non-hydrogen) atoms. The van der Waals surface area contributed by atoms with E-state index < -0.39 is 23.9 Å². The van der Waals surface area contributed by atoms with Crippen molar-refractivity contribution in [3.63, 3.8) is 0 Å². The van der Waals surface area contributed by atoms with Gasteiger partial charge in [0.2, 0.25) is 0 Å². The molecule has 3 nitrogen and oxygen atoms in total. The van der Waals surface area contributed by atoms with Crippen molar-refractivity contribution in [3.05, 3.63) is 0 Å². The SMILES string of the molecule is Cl.O=C(O)[C@H]1N[C@H]2CC[C@@H]1C(F)(F)C2. The first-order chi connectivity index (χ1) is 6.00. The van der Waals surface area contributed by atoms with Crippen LogP contribution in [-0.4, -0.2) is 29.1 Å². The van der Waals surface area contributed by atoms with Crippen molar-refractivity contribution in [2.45, 2.75) is 37.3 Å². The number of rotatable bonds is 1. The second-order valence-corrected chi connectivity index (χ2v) is 3.83. The summed E-state index contributed by atoms with van der Waals surface area (Å²) in [5.41, 5.74) is 0. The smallest absolute Gasteiger partial charge is 0.321 e. The average Bonchev–Trinajstić information content (AvgIpc) is 2.02.